The maximum Gasteiger partial charge on any atom is 0.410 e. The molecule has 1 atom stereocenters. The molecule has 1 amide bonds. The molecule has 2 fully saturated rings. The molecule has 0 aromatic heterocycles. The van der Waals surface area contributed by atoms with Gasteiger partial charge in [-0.1, -0.05) is 30.3 Å². The smallest absolute Gasteiger partial charge is 0.410 e. The van der Waals surface area contributed by atoms with Crippen LogP contribution in [0.3, 0.4) is 0 Å². The van der Waals surface area contributed by atoms with Crippen molar-refractivity contribution in [3.63, 3.8) is 0 Å². The standard InChI is InChI=1S/C17H19NO2/c1-2-7-15-12-18(17(15)10-6-11-17)16(19)20-13-14-8-4-3-5-9-14/h1,3-5,8-9,15H,6-7,10-13H2. The number of carbonyl (C=O) groups is 1. The molecule has 20 heavy (non-hydrogen) atoms. The molecule has 3 nitrogen and oxygen atoms in total. The first-order valence-electron chi connectivity index (χ1n) is 7.18. The average molecular weight is 269 g/mol. The number of rotatable bonds is 3. The summed E-state index contributed by atoms with van der Waals surface area (Å²) in [6, 6.07) is 9.77. The van der Waals surface area contributed by atoms with Gasteiger partial charge in [-0.2, -0.15) is 0 Å². The van der Waals surface area contributed by atoms with Gasteiger partial charge in [0.15, 0.2) is 0 Å². The maximum absolute atomic E-state index is 12.2. The van der Waals surface area contributed by atoms with Gasteiger partial charge in [0.25, 0.3) is 0 Å². The molecule has 1 saturated carbocycles. The minimum absolute atomic E-state index is 0.0140. The third-order valence-electron chi connectivity index (χ3n) is 4.71. The molecule has 1 aromatic rings. The summed E-state index contributed by atoms with van der Waals surface area (Å²) < 4.78 is 5.42. The van der Waals surface area contributed by atoms with E-state index in [0.717, 1.165) is 31.4 Å². The van der Waals surface area contributed by atoms with Crippen LogP contribution in [0.2, 0.25) is 0 Å². The lowest BCUT2D eigenvalue weighted by molar-refractivity contribution is -0.115. The molecule has 1 aliphatic carbocycles. The zero-order valence-corrected chi connectivity index (χ0v) is 11.5. The molecule has 0 N–H and O–H groups in total. The highest BCUT2D eigenvalue weighted by atomic mass is 16.6. The van der Waals surface area contributed by atoms with Crippen LogP contribution in [0.4, 0.5) is 4.79 Å². The van der Waals surface area contributed by atoms with Gasteiger partial charge in [-0.3, -0.25) is 0 Å². The molecule has 2 aliphatic rings. The normalized spacial score (nSPS) is 22.6. The molecule has 104 valence electrons. The third kappa shape index (κ3) is 2.06. The van der Waals surface area contributed by atoms with Gasteiger partial charge in [-0.25, -0.2) is 4.79 Å². The second-order valence-corrected chi connectivity index (χ2v) is 5.71. The Morgan fingerprint density at radius 3 is 2.75 bits per heavy atom. The Kier molecular flexibility index (Phi) is 3.40. The van der Waals surface area contributed by atoms with Gasteiger partial charge >= 0.3 is 6.09 Å². The van der Waals surface area contributed by atoms with Crippen LogP contribution in [-0.2, 0) is 11.3 Å². The van der Waals surface area contributed by atoms with Crippen LogP contribution in [0.25, 0.3) is 0 Å². The van der Waals surface area contributed by atoms with Crippen molar-refractivity contribution >= 4 is 6.09 Å². The highest BCUT2D eigenvalue weighted by molar-refractivity contribution is 5.70. The second kappa shape index (κ2) is 5.20. The zero-order chi connectivity index (χ0) is 14.0. The van der Waals surface area contributed by atoms with Gasteiger partial charge in [0, 0.05) is 18.9 Å². The predicted molar refractivity (Wildman–Crippen MR) is 76.9 cm³/mol. The van der Waals surface area contributed by atoms with Crippen LogP contribution in [-0.4, -0.2) is 23.1 Å². The SMILES string of the molecule is C#CCC1CN(C(=O)OCc2ccccc2)C12CCC2. The number of nitrogens with zero attached hydrogens (tertiary/aromatic N) is 1. The van der Waals surface area contributed by atoms with Gasteiger partial charge < -0.3 is 9.64 Å². The number of likely N-dealkylation sites (tertiary alicyclic amines) is 1. The Balaban J connectivity index is 1.57. The van der Waals surface area contributed by atoms with Crippen molar-refractivity contribution in [2.45, 2.75) is 37.8 Å². The molecular weight excluding hydrogens is 250 g/mol. The molecule has 1 aromatic carbocycles. The molecule has 1 spiro atoms. The first-order chi connectivity index (χ1) is 9.76. The van der Waals surface area contributed by atoms with Crippen LogP contribution in [0, 0.1) is 18.3 Å². The number of hydrogen-bond donors (Lipinski definition) is 0. The van der Waals surface area contributed by atoms with E-state index in [2.05, 4.69) is 5.92 Å². The first kappa shape index (κ1) is 13.1. The summed E-state index contributed by atoms with van der Waals surface area (Å²) in [5, 5.41) is 0. The van der Waals surface area contributed by atoms with E-state index in [9.17, 15) is 4.79 Å². The highest BCUT2D eigenvalue weighted by Gasteiger charge is 2.58. The number of benzene rings is 1. The van der Waals surface area contributed by atoms with Gasteiger partial charge in [-0.15, -0.1) is 12.3 Å². The van der Waals surface area contributed by atoms with E-state index < -0.39 is 0 Å². The van der Waals surface area contributed by atoms with Gasteiger partial charge in [0.2, 0.25) is 0 Å². The van der Waals surface area contributed by atoms with Crippen molar-refractivity contribution in [2.24, 2.45) is 5.92 Å². The Morgan fingerprint density at radius 1 is 1.40 bits per heavy atom. The number of amides is 1. The molecule has 0 radical (unpaired) electrons. The van der Waals surface area contributed by atoms with Gasteiger partial charge in [0.1, 0.15) is 6.61 Å². The van der Waals surface area contributed by atoms with E-state index in [4.69, 9.17) is 11.2 Å². The molecule has 3 rings (SSSR count). The zero-order valence-electron chi connectivity index (χ0n) is 11.5. The number of ether oxygens (including phenoxy) is 1. The van der Waals surface area contributed by atoms with Gasteiger partial charge in [0.05, 0.1) is 5.54 Å². The first-order valence-corrected chi connectivity index (χ1v) is 7.18. The van der Waals surface area contributed by atoms with Crippen LogP contribution in [0.15, 0.2) is 30.3 Å². The second-order valence-electron chi connectivity index (χ2n) is 5.71. The molecule has 3 heteroatoms. The quantitative estimate of drug-likeness (QED) is 0.789. The molecular formula is C17H19NO2. The molecule has 0 bridgehead atoms. The summed E-state index contributed by atoms with van der Waals surface area (Å²) in [7, 11) is 0. The van der Waals surface area contributed by atoms with E-state index in [0.29, 0.717) is 12.5 Å². The minimum atomic E-state index is -0.193. The van der Waals surface area contributed by atoms with Gasteiger partial charge in [-0.05, 0) is 24.8 Å². The van der Waals surface area contributed by atoms with Crippen molar-refractivity contribution < 1.29 is 9.53 Å². The summed E-state index contributed by atoms with van der Waals surface area (Å²) in [4.78, 5) is 14.1. The fourth-order valence-electron chi connectivity index (χ4n) is 3.35. The van der Waals surface area contributed by atoms with E-state index in [1.807, 2.05) is 35.2 Å². The summed E-state index contributed by atoms with van der Waals surface area (Å²) in [6.45, 7) is 1.09. The van der Waals surface area contributed by atoms with Crippen molar-refractivity contribution in [1.29, 1.82) is 0 Å². The fourth-order valence-corrected chi connectivity index (χ4v) is 3.35. The Bertz CT molecular complexity index is 528. The summed E-state index contributed by atoms with van der Waals surface area (Å²) >= 11 is 0. The van der Waals surface area contributed by atoms with Crippen LogP contribution >= 0.6 is 0 Å². The summed E-state index contributed by atoms with van der Waals surface area (Å²) in [5.74, 6) is 3.20. The summed E-state index contributed by atoms with van der Waals surface area (Å²) in [5.41, 5.74) is 1.03. The summed E-state index contributed by atoms with van der Waals surface area (Å²) in [6.07, 6.45) is 9.31. The third-order valence-corrected chi connectivity index (χ3v) is 4.71. The number of carbonyl (C=O) groups excluding carboxylic acids is 1. The average Bonchev–Trinajstić information content (AvgIpc) is 2.40. The van der Waals surface area contributed by atoms with E-state index in [1.165, 1.54) is 6.42 Å². The topological polar surface area (TPSA) is 29.5 Å². The minimum Gasteiger partial charge on any atom is -0.445 e. The molecule has 1 unspecified atom stereocenters. The predicted octanol–water partition coefficient (Wildman–Crippen LogP) is 3.20. The van der Waals surface area contributed by atoms with Crippen molar-refractivity contribution in [3.05, 3.63) is 35.9 Å². The molecule has 1 saturated heterocycles. The fraction of sp³-hybridized carbons (Fsp3) is 0.471. The van der Waals surface area contributed by atoms with Crippen LogP contribution < -0.4 is 0 Å². The number of terminal acetylenes is 1. The van der Waals surface area contributed by atoms with Crippen LogP contribution in [0.1, 0.15) is 31.2 Å². The van der Waals surface area contributed by atoms with Crippen LogP contribution in [0.5, 0.6) is 0 Å². The van der Waals surface area contributed by atoms with E-state index in [1.54, 1.807) is 0 Å². The largest absolute Gasteiger partial charge is 0.445 e. The monoisotopic (exact) mass is 269 g/mol. The Labute approximate surface area is 119 Å². The van der Waals surface area contributed by atoms with Crippen molar-refractivity contribution in [2.75, 3.05) is 6.54 Å². The Morgan fingerprint density at radius 2 is 2.15 bits per heavy atom. The lowest BCUT2D eigenvalue weighted by atomic mass is 9.60. The highest BCUT2D eigenvalue weighted by Crippen LogP contribution is 2.52. The molecule has 1 aliphatic heterocycles. The van der Waals surface area contributed by atoms with Crippen molar-refractivity contribution in [1.82, 2.24) is 4.90 Å². The lowest BCUT2D eigenvalue weighted by Gasteiger charge is -2.62. The lowest BCUT2D eigenvalue weighted by Crippen LogP contribution is -2.72. The van der Waals surface area contributed by atoms with Crippen molar-refractivity contribution in [3.8, 4) is 12.3 Å². The van der Waals surface area contributed by atoms with E-state index in [-0.39, 0.29) is 11.6 Å². The molecule has 1 heterocycles. The Hall–Kier alpha value is -1.95. The number of hydrogen-bond acceptors (Lipinski definition) is 2. The van der Waals surface area contributed by atoms with E-state index >= 15 is 0 Å². The maximum atomic E-state index is 12.2.